The van der Waals surface area contributed by atoms with Gasteiger partial charge in [0.05, 0.1) is 11.5 Å². The van der Waals surface area contributed by atoms with Gasteiger partial charge in [0.2, 0.25) is 10.0 Å². The molecule has 0 aliphatic heterocycles. The summed E-state index contributed by atoms with van der Waals surface area (Å²) in [7, 11) is -3.32. The fraction of sp³-hybridized carbons (Fsp3) is 0.333. The maximum atomic E-state index is 12.5. The molecule has 0 saturated heterocycles. The molecule has 8 heteroatoms. The van der Waals surface area contributed by atoms with E-state index in [-0.39, 0.29) is 11.0 Å². The van der Waals surface area contributed by atoms with Gasteiger partial charge < -0.3 is 4.57 Å². The minimum Gasteiger partial charge on any atom is -0.326 e. The van der Waals surface area contributed by atoms with Gasteiger partial charge >= 0.3 is 0 Å². The van der Waals surface area contributed by atoms with Crippen molar-refractivity contribution in [2.24, 2.45) is 0 Å². The highest BCUT2D eigenvalue weighted by atomic mass is 32.2. The van der Waals surface area contributed by atoms with Gasteiger partial charge in [-0.2, -0.15) is 0 Å². The summed E-state index contributed by atoms with van der Waals surface area (Å²) >= 11 is 1.41. The van der Waals surface area contributed by atoms with E-state index < -0.39 is 10.0 Å². The number of aryl methyl sites for hydroxylation is 1. The summed E-state index contributed by atoms with van der Waals surface area (Å²) in [6.45, 7) is 4.66. The third-order valence-corrected chi connectivity index (χ3v) is 4.87. The van der Waals surface area contributed by atoms with E-state index in [1.165, 1.54) is 11.8 Å². The molecule has 124 valence electrons. The Morgan fingerprint density at radius 3 is 2.57 bits per heavy atom. The Hall–Kier alpha value is -1.80. The number of benzene rings is 1. The van der Waals surface area contributed by atoms with Crippen LogP contribution in [0.15, 0.2) is 41.8 Å². The van der Waals surface area contributed by atoms with Crippen LogP contribution in [0.25, 0.3) is 0 Å². The number of hydrogen-bond donors (Lipinski definition) is 1. The summed E-state index contributed by atoms with van der Waals surface area (Å²) in [6.07, 6.45) is 4.68. The van der Waals surface area contributed by atoms with Crippen LogP contribution in [-0.4, -0.2) is 35.3 Å². The lowest BCUT2D eigenvalue weighted by molar-refractivity contribution is 0.0994. The van der Waals surface area contributed by atoms with Crippen molar-refractivity contribution in [2.75, 3.05) is 11.0 Å². The van der Waals surface area contributed by atoms with Gasteiger partial charge in [0.1, 0.15) is 0 Å². The summed E-state index contributed by atoms with van der Waals surface area (Å²) in [5.41, 5.74) is 0.976. The number of imidazole rings is 1. The van der Waals surface area contributed by atoms with E-state index in [2.05, 4.69) is 9.71 Å². The zero-order valence-electron chi connectivity index (χ0n) is 13.2. The van der Waals surface area contributed by atoms with Crippen molar-refractivity contribution in [2.45, 2.75) is 30.8 Å². The number of hydrogen-bond acceptors (Lipinski definition) is 5. The Labute approximate surface area is 140 Å². The summed E-state index contributed by atoms with van der Waals surface area (Å²) in [6, 6.07) is 6.41. The molecular formula is C15H19N3O3S2. The summed E-state index contributed by atoms with van der Waals surface area (Å²) in [5, 5.41) is 0.528. The molecule has 0 spiro atoms. The second-order valence-corrected chi connectivity index (χ2v) is 8.13. The fourth-order valence-electron chi connectivity index (χ4n) is 2.02. The maximum absolute atomic E-state index is 12.5. The molecule has 1 aromatic carbocycles. The van der Waals surface area contributed by atoms with Crippen LogP contribution in [0.3, 0.4) is 0 Å². The second kappa shape index (κ2) is 7.18. The fourth-order valence-corrected chi connectivity index (χ4v) is 3.59. The van der Waals surface area contributed by atoms with Gasteiger partial charge in [-0.15, -0.1) is 0 Å². The van der Waals surface area contributed by atoms with E-state index in [0.29, 0.717) is 11.3 Å². The standard InChI is InChI=1S/C15H19N3O3S2/c1-4-18-10-9-16-15(18)22-11(2)14(19)12-5-7-13(8-6-12)17-23(3,20)21/h5-11,17H,4H2,1-3H3. The number of rotatable bonds is 7. The van der Waals surface area contributed by atoms with Crippen molar-refractivity contribution in [3.8, 4) is 0 Å². The third kappa shape index (κ3) is 4.84. The first kappa shape index (κ1) is 17.6. The molecule has 2 aromatic rings. The summed E-state index contributed by atoms with van der Waals surface area (Å²) in [4.78, 5) is 16.7. The van der Waals surface area contributed by atoms with Gasteiger partial charge in [-0.1, -0.05) is 11.8 Å². The molecular weight excluding hydrogens is 334 g/mol. The van der Waals surface area contributed by atoms with Gasteiger partial charge in [-0.25, -0.2) is 13.4 Å². The van der Waals surface area contributed by atoms with Gasteiger partial charge in [0.15, 0.2) is 10.9 Å². The quantitative estimate of drug-likeness (QED) is 0.611. The first-order valence-electron chi connectivity index (χ1n) is 7.10. The second-order valence-electron chi connectivity index (χ2n) is 5.07. The minimum absolute atomic E-state index is 0.0217. The van der Waals surface area contributed by atoms with Gasteiger partial charge in [-0.3, -0.25) is 9.52 Å². The van der Waals surface area contributed by atoms with Crippen LogP contribution in [0.1, 0.15) is 24.2 Å². The molecule has 1 aromatic heterocycles. The minimum atomic E-state index is -3.32. The molecule has 6 nitrogen and oxygen atoms in total. The lowest BCUT2D eigenvalue weighted by Gasteiger charge is -2.11. The number of aromatic nitrogens is 2. The number of nitrogens with one attached hydrogen (secondary N) is 1. The van der Waals surface area contributed by atoms with Gasteiger partial charge in [-0.05, 0) is 38.1 Å². The van der Waals surface area contributed by atoms with E-state index in [1.54, 1.807) is 30.5 Å². The molecule has 0 amide bonds. The lowest BCUT2D eigenvalue weighted by atomic mass is 10.1. The van der Waals surface area contributed by atoms with E-state index in [0.717, 1.165) is 18.0 Å². The number of thioether (sulfide) groups is 1. The molecule has 0 aliphatic carbocycles. The average molecular weight is 353 g/mol. The Morgan fingerprint density at radius 2 is 2.00 bits per heavy atom. The molecule has 1 N–H and O–H groups in total. The summed E-state index contributed by atoms with van der Waals surface area (Å²) < 4.78 is 26.7. The molecule has 1 heterocycles. The van der Waals surface area contributed by atoms with Gasteiger partial charge in [0.25, 0.3) is 0 Å². The normalized spacial score (nSPS) is 12.8. The Kier molecular flexibility index (Phi) is 5.48. The smallest absolute Gasteiger partial charge is 0.229 e. The van der Waals surface area contributed by atoms with Gasteiger partial charge in [0, 0.05) is 30.2 Å². The third-order valence-electron chi connectivity index (χ3n) is 3.14. The first-order chi connectivity index (χ1) is 10.8. The molecule has 2 rings (SSSR count). The predicted octanol–water partition coefficient (Wildman–Crippen LogP) is 2.64. The highest BCUT2D eigenvalue weighted by Gasteiger charge is 2.18. The first-order valence-corrected chi connectivity index (χ1v) is 9.87. The number of carbonyl (C=O) groups is 1. The topological polar surface area (TPSA) is 81.1 Å². The molecule has 0 bridgehead atoms. The van der Waals surface area contributed by atoms with Crippen LogP contribution in [0.4, 0.5) is 5.69 Å². The monoisotopic (exact) mass is 353 g/mol. The number of nitrogens with zero attached hydrogens (tertiary/aromatic N) is 2. The molecule has 0 saturated carbocycles. The van der Waals surface area contributed by atoms with Crippen molar-refractivity contribution < 1.29 is 13.2 Å². The van der Waals surface area contributed by atoms with Crippen LogP contribution in [0, 0.1) is 0 Å². The van der Waals surface area contributed by atoms with Crippen molar-refractivity contribution >= 4 is 33.3 Å². The highest BCUT2D eigenvalue weighted by molar-refractivity contribution is 8.00. The lowest BCUT2D eigenvalue weighted by Crippen LogP contribution is -2.15. The van der Waals surface area contributed by atoms with E-state index in [4.69, 9.17) is 0 Å². The van der Waals surface area contributed by atoms with Crippen molar-refractivity contribution in [1.82, 2.24) is 9.55 Å². The number of Topliss-reactive ketones (excluding diaryl/α,β-unsaturated/α-hetero) is 1. The summed E-state index contributed by atoms with van der Waals surface area (Å²) in [5.74, 6) is -0.0217. The molecule has 23 heavy (non-hydrogen) atoms. The van der Waals surface area contributed by atoms with Crippen LogP contribution < -0.4 is 4.72 Å². The highest BCUT2D eigenvalue weighted by Crippen LogP contribution is 2.25. The van der Waals surface area contributed by atoms with E-state index in [1.807, 2.05) is 24.6 Å². The van der Waals surface area contributed by atoms with E-state index >= 15 is 0 Å². The SMILES string of the molecule is CCn1ccnc1SC(C)C(=O)c1ccc(NS(C)(=O)=O)cc1. The zero-order valence-corrected chi connectivity index (χ0v) is 14.8. The van der Waals surface area contributed by atoms with Crippen molar-refractivity contribution in [3.63, 3.8) is 0 Å². The van der Waals surface area contributed by atoms with Crippen LogP contribution >= 0.6 is 11.8 Å². The Bertz CT molecular complexity index is 783. The zero-order chi connectivity index (χ0) is 17.0. The maximum Gasteiger partial charge on any atom is 0.229 e. The molecule has 0 aliphatic rings. The van der Waals surface area contributed by atoms with Crippen LogP contribution in [0.5, 0.6) is 0 Å². The Balaban J connectivity index is 2.07. The largest absolute Gasteiger partial charge is 0.326 e. The molecule has 1 unspecified atom stereocenters. The number of sulfonamides is 1. The molecule has 1 atom stereocenters. The molecule has 0 fully saturated rings. The average Bonchev–Trinajstić information content (AvgIpc) is 2.92. The molecule has 0 radical (unpaired) electrons. The number of anilines is 1. The van der Waals surface area contributed by atoms with Crippen LogP contribution in [0.2, 0.25) is 0 Å². The van der Waals surface area contributed by atoms with Crippen LogP contribution in [-0.2, 0) is 16.6 Å². The van der Waals surface area contributed by atoms with Crippen molar-refractivity contribution in [1.29, 1.82) is 0 Å². The number of carbonyl (C=O) groups excluding carboxylic acids is 1. The van der Waals surface area contributed by atoms with E-state index in [9.17, 15) is 13.2 Å². The predicted molar refractivity (Wildman–Crippen MR) is 92.5 cm³/mol. The number of ketones is 1. The van der Waals surface area contributed by atoms with Crippen molar-refractivity contribution in [3.05, 3.63) is 42.2 Å². The Morgan fingerprint density at radius 1 is 1.35 bits per heavy atom.